The standard InChI is InChI=1S/C16H22N4O/c1-19-6-8-20(9-7-19)10-11-21-16-13-17-12-14-4-2-3-5-15(14)18-16/h2-5,12-13,16H,6-11H2,1H3. The minimum Gasteiger partial charge on any atom is -0.350 e. The van der Waals surface area contributed by atoms with E-state index < -0.39 is 0 Å². The average Bonchev–Trinajstić information content (AvgIpc) is 2.71. The molecule has 1 fully saturated rings. The maximum atomic E-state index is 5.86. The Balaban J connectivity index is 1.53. The zero-order chi connectivity index (χ0) is 14.5. The molecule has 2 heterocycles. The van der Waals surface area contributed by atoms with E-state index >= 15 is 0 Å². The van der Waals surface area contributed by atoms with E-state index in [4.69, 9.17) is 4.74 Å². The molecule has 0 radical (unpaired) electrons. The normalized spacial score (nSPS) is 23.0. The molecule has 1 aromatic rings. The van der Waals surface area contributed by atoms with E-state index in [1.807, 2.05) is 30.5 Å². The largest absolute Gasteiger partial charge is 0.350 e. The second-order valence-corrected chi connectivity index (χ2v) is 5.52. The van der Waals surface area contributed by atoms with Crippen LogP contribution in [0.5, 0.6) is 0 Å². The molecule has 0 bridgehead atoms. The van der Waals surface area contributed by atoms with Gasteiger partial charge >= 0.3 is 0 Å². The van der Waals surface area contributed by atoms with Crippen molar-refractivity contribution in [1.82, 2.24) is 9.80 Å². The molecule has 0 N–H and O–H groups in total. The highest BCUT2D eigenvalue weighted by atomic mass is 16.5. The van der Waals surface area contributed by atoms with Crippen molar-refractivity contribution in [1.29, 1.82) is 0 Å². The van der Waals surface area contributed by atoms with Gasteiger partial charge in [0.1, 0.15) is 0 Å². The predicted molar refractivity (Wildman–Crippen MR) is 83.9 cm³/mol. The summed E-state index contributed by atoms with van der Waals surface area (Å²) in [4.78, 5) is 13.7. The molecule has 0 aliphatic carbocycles. The van der Waals surface area contributed by atoms with Crippen LogP contribution >= 0.6 is 0 Å². The van der Waals surface area contributed by atoms with Crippen molar-refractivity contribution in [2.45, 2.75) is 6.23 Å². The van der Waals surface area contributed by atoms with Crippen molar-refractivity contribution < 1.29 is 4.74 Å². The molecular formula is C16H22N4O. The monoisotopic (exact) mass is 286 g/mol. The molecule has 0 amide bonds. The highest BCUT2D eigenvalue weighted by Gasteiger charge is 2.14. The molecule has 2 aliphatic heterocycles. The van der Waals surface area contributed by atoms with Gasteiger partial charge in [-0.2, -0.15) is 0 Å². The van der Waals surface area contributed by atoms with Crippen LogP contribution < -0.4 is 10.6 Å². The Morgan fingerprint density at radius 3 is 2.86 bits per heavy atom. The minimum absolute atomic E-state index is 0.280. The van der Waals surface area contributed by atoms with E-state index in [-0.39, 0.29) is 6.23 Å². The first-order valence-corrected chi connectivity index (χ1v) is 7.50. The Hall–Kier alpha value is -1.56. The molecule has 5 nitrogen and oxygen atoms in total. The summed E-state index contributed by atoms with van der Waals surface area (Å²) in [7, 11) is 2.17. The molecule has 0 spiro atoms. The second-order valence-electron chi connectivity index (χ2n) is 5.52. The molecule has 1 aromatic carbocycles. The molecule has 0 aromatic heterocycles. The lowest BCUT2D eigenvalue weighted by Crippen LogP contribution is -2.45. The van der Waals surface area contributed by atoms with E-state index in [1.54, 1.807) is 6.21 Å². The molecule has 112 valence electrons. The van der Waals surface area contributed by atoms with Crippen molar-refractivity contribution in [3.05, 3.63) is 34.8 Å². The van der Waals surface area contributed by atoms with Crippen molar-refractivity contribution >= 4 is 12.4 Å². The first kappa shape index (κ1) is 14.4. The third-order valence-corrected chi connectivity index (χ3v) is 3.92. The Morgan fingerprint density at radius 1 is 1.19 bits per heavy atom. The number of hydrogen-bond donors (Lipinski definition) is 0. The molecule has 2 aliphatic rings. The van der Waals surface area contributed by atoms with Crippen molar-refractivity contribution in [3.8, 4) is 0 Å². The van der Waals surface area contributed by atoms with Gasteiger partial charge in [0.2, 0.25) is 0 Å². The summed E-state index contributed by atoms with van der Waals surface area (Å²) in [5.41, 5.74) is 0. The van der Waals surface area contributed by atoms with Gasteiger partial charge in [-0.05, 0) is 13.1 Å². The lowest BCUT2D eigenvalue weighted by atomic mass is 10.3. The number of benzene rings is 1. The fourth-order valence-corrected chi connectivity index (χ4v) is 2.54. The van der Waals surface area contributed by atoms with E-state index in [0.717, 1.165) is 43.3 Å². The smallest absolute Gasteiger partial charge is 0.184 e. The van der Waals surface area contributed by atoms with E-state index in [2.05, 4.69) is 26.8 Å². The Morgan fingerprint density at radius 2 is 2.00 bits per heavy atom. The van der Waals surface area contributed by atoms with Gasteiger partial charge in [-0.3, -0.25) is 9.89 Å². The molecule has 21 heavy (non-hydrogen) atoms. The number of likely N-dealkylation sites (N-methyl/N-ethyl adjacent to an activating group) is 1. The highest BCUT2D eigenvalue weighted by Crippen LogP contribution is 2.00. The van der Waals surface area contributed by atoms with Gasteiger partial charge in [0.05, 0.1) is 18.2 Å². The number of hydrogen-bond acceptors (Lipinski definition) is 5. The van der Waals surface area contributed by atoms with Crippen LogP contribution in [0.3, 0.4) is 0 Å². The molecule has 3 rings (SSSR count). The second kappa shape index (κ2) is 6.93. The van der Waals surface area contributed by atoms with Crippen molar-refractivity contribution in [2.75, 3.05) is 46.4 Å². The van der Waals surface area contributed by atoms with Gasteiger partial charge in [0.15, 0.2) is 6.23 Å². The summed E-state index contributed by atoms with van der Waals surface area (Å²) in [6, 6.07) is 8.00. The van der Waals surface area contributed by atoms with Crippen LogP contribution in [0.25, 0.3) is 6.20 Å². The van der Waals surface area contributed by atoms with Crippen LogP contribution in [-0.4, -0.2) is 68.6 Å². The Kier molecular flexibility index (Phi) is 4.75. The lowest BCUT2D eigenvalue weighted by molar-refractivity contribution is 0.0646. The number of aliphatic imine (C=N–C) groups is 1. The van der Waals surface area contributed by atoms with Gasteiger partial charge in [-0.15, -0.1) is 0 Å². The average molecular weight is 286 g/mol. The summed E-state index contributed by atoms with van der Waals surface area (Å²) in [6.45, 7) is 6.15. The van der Waals surface area contributed by atoms with E-state index in [9.17, 15) is 0 Å². The fourth-order valence-electron chi connectivity index (χ4n) is 2.54. The zero-order valence-electron chi connectivity index (χ0n) is 12.5. The first-order valence-electron chi connectivity index (χ1n) is 7.50. The maximum absolute atomic E-state index is 5.86. The van der Waals surface area contributed by atoms with E-state index in [1.165, 1.54) is 0 Å². The first-order chi connectivity index (χ1) is 10.3. The number of nitrogens with zero attached hydrogens (tertiary/aromatic N) is 4. The predicted octanol–water partition coefficient (Wildman–Crippen LogP) is -0.281. The minimum atomic E-state index is -0.280. The van der Waals surface area contributed by atoms with Crippen LogP contribution in [0.15, 0.2) is 34.3 Å². The van der Waals surface area contributed by atoms with Gasteiger partial charge < -0.3 is 9.64 Å². The van der Waals surface area contributed by atoms with Crippen LogP contribution in [0, 0.1) is 0 Å². The number of ether oxygens (including phenoxy) is 1. The molecule has 1 atom stereocenters. The number of fused-ring (bicyclic) bond motifs is 1. The number of para-hydroxylation sites is 1. The Bertz CT molecular complexity index is 605. The van der Waals surface area contributed by atoms with Crippen LogP contribution in [0.4, 0.5) is 0 Å². The summed E-state index contributed by atoms with van der Waals surface area (Å²) in [6.07, 6.45) is 3.32. The molecule has 0 saturated carbocycles. The van der Waals surface area contributed by atoms with Gasteiger partial charge in [0, 0.05) is 44.1 Å². The van der Waals surface area contributed by atoms with Crippen molar-refractivity contribution in [3.63, 3.8) is 0 Å². The number of piperazine rings is 1. The summed E-state index contributed by atoms with van der Waals surface area (Å²) in [5.74, 6) is 0. The molecular weight excluding hydrogens is 264 g/mol. The van der Waals surface area contributed by atoms with Crippen molar-refractivity contribution in [2.24, 2.45) is 9.98 Å². The summed E-state index contributed by atoms with van der Waals surface area (Å²) in [5, 5.41) is 1.98. The summed E-state index contributed by atoms with van der Waals surface area (Å²) < 4.78 is 5.86. The zero-order valence-corrected chi connectivity index (χ0v) is 12.5. The fraction of sp³-hybridized carbons (Fsp3) is 0.500. The quantitative estimate of drug-likeness (QED) is 0.764. The van der Waals surface area contributed by atoms with Crippen LogP contribution in [-0.2, 0) is 4.74 Å². The van der Waals surface area contributed by atoms with Crippen LogP contribution in [0.1, 0.15) is 0 Å². The van der Waals surface area contributed by atoms with Gasteiger partial charge in [-0.1, -0.05) is 18.2 Å². The third kappa shape index (κ3) is 3.97. The maximum Gasteiger partial charge on any atom is 0.184 e. The lowest BCUT2D eigenvalue weighted by Gasteiger charge is -2.32. The SMILES string of the molecule is CN1CCN(CCOC2C=NC=c3ccccc3=N2)CC1. The van der Waals surface area contributed by atoms with Gasteiger partial charge in [0.25, 0.3) is 0 Å². The molecule has 5 heteroatoms. The topological polar surface area (TPSA) is 40.4 Å². The van der Waals surface area contributed by atoms with Gasteiger partial charge in [-0.25, -0.2) is 4.99 Å². The molecule has 1 saturated heterocycles. The van der Waals surface area contributed by atoms with Crippen LogP contribution in [0.2, 0.25) is 0 Å². The molecule has 1 unspecified atom stereocenters. The highest BCUT2D eigenvalue weighted by molar-refractivity contribution is 5.66. The summed E-state index contributed by atoms with van der Waals surface area (Å²) >= 11 is 0. The van der Waals surface area contributed by atoms with E-state index in [0.29, 0.717) is 6.61 Å². The number of rotatable bonds is 4. The Labute approximate surface area is 125 Å². The third-order valence-electron chi connectivity index (χ3n) is 3.92.